The smallest absolute Gasteiger partial charge is 0.275 e. The summed E-state index contributed by atoms with van der Waals surface area (Å²) in [6.45, 7) is 0. The third-order valence-corrected chi connectivity index (χ3v) is 4.40. The molecule has 0 saturated heterocycles. The normalized spacial score (nSPS) is 10.8. The predicted octanol–water partition coefficient (Wildman–Crippen LogP) is 3.23. The second-order valence-corrected chi connectivity index (χ2v) is 6.47. The molecular formula is C24H22N4O4. The van der Waals surface area contributed by atoms with Crippen LogP contribution < -0.4 is 20.3 Å². The van der Waals surface area contributed by atoms with E-state index < -0.39 is 0 Å². The Balaban J connectivity index is 1.54. The number of hydrogen-bond donors (Lipinski definition) is 2. The quantitative estimate of drug-likeness (QED) is 0.423. The van der Waals surface area contributed by atoms with Gasteiger partial charge in [-0.25, -0.2) is 10.9 Å². The van der Waals surface area contributed by atoms with Gasteiger partial charge in [-0.05, 0) is 35.4 Å². The molecule has 8 heteroatoms. The highest BCUT2D eigenvalue weighted by atomic mass is 16.5. The molecule has 0 aliphatic carbocycles. The fraction of sp³-hybridized carbons (Fsp3) is 0.0833. The van der Waals surface area contributed by atoms with Gasteiger partial charge in [0.25, 0.3) is 11.8 Å². The largest absolute Gasteiger partial charge is 0.496 e. The van der Waals surface area contributed by atoms with Crippen LogP contribution in [0.3, 0.4) is 0 Å². The number of methoxy groups -OCH3 is 2. The van der Waals surface area contributed by atoms with Crippen molar-refractivity contribution in [3.8, 4) is 11.5 Å². The Kier molecular flexibility index (Phi) is 7.69. The molecule has 0 atom stereocenters. The topological polar surface area (TPSA) is 101 Å². The van der Waals surface area contributed by atoms with Crippen LogP contribution in [0, 0.1) is 0 Å². The summed E-state index contributed by atoms with van der Waals surface area (Å²) < 4.78 is 10.3. The van der Waals surface area contributed by atoms with E-state index in [1.165, 1.54) is 26.6 Å². The van der Waals surface area contributed by atoms with Crippen LogP contribution in [0.15, 0.2) is 83.0 Å². The molecule has 0 saturated carbocycles. The predicted molar refractivity (Wildman–Crippen MR) is 123 cm³/mol. The van der Waals surface area contributed by atoms with Crippen molar-refractivity contribution in [2.24, 2.45) is 10.2 Å². The second-order valence-electron chi connectivity index (χ2n) is 6.47. The van der Waals surface area contributed by atoms with E-state index in [2.05, 4.69) is 21.1 Å². The summed E-state index contributed by atoms with van der Waals surface area (Å²) in [4.78, 5) is 24.4. The van der Waals surface area contributed by atoms with E-state index in [1.54, 1.807) is 48.5 Å². The Hall–Kier alpha value is -4.46. The van der Waals surface area contributed by atoms with Crippen molar-refractivity contribution in [1.82, 2.24) is 10.9 Å². The van der Waals surface area contributed by atoms with E-state index in [1.807, 2.05) is 24.3 Å². The SMILES string of the molecule is COc1ccccc1C(=O)NN=Cc1ccc(C=NNC(=O)c2ccccc2OC)cc1. The Bertz CT molecular complexity index is 1050. The van der Waals surface area contributed by atoms with Gasteiger partial charge in [-0.1, -0.05) is 48.5 Å². The van der Waals surface area contributed by atoms with Crippen LogP contribution in [-0.2, 0) is 0 Å². The Labute approximate surface area is 185 Å². The van der Waals surface area contributed by atoms with Crippen molar-refractivity contribution >= 4 is 24.2 Å². The number of benzene rings is 3. The van der Waals surface area contributed by atoms with E-state index in [4.69, 9.17) is 9.47 Å². The minimum Gasteiger partial charge on any atom is -0.496 e. The van der Waals surface area contributed by atoms with Crippen LogP contribution in [0.2, 0.25) is 0 Å². The highest BCUT2D eigenvalue weighted by Gasteiger charge is 2.10. The first kappa shape index (κ1) is 22.2. The molecule has 0 aliphatic heterocycles. The number of hydrogen-bond acceptors (Lipinski definition) is 6. The average Bonchev–Trinajstić information content (AvgIpc) is 2.84. The highest BCUT2D eigenvalue weighted by molar-refractivity contribution is 5.98. The lowest BCUT2D eigenvalue weighted by molar-refractivity contribution is 0.0944. The first-order chi connectivity index (χ1) is 15.6. The summed E-state index contributed by atoms with van der Waals surface area (Å²) in [5, 5.41) is 7.95. The molecular weight excluding hydrogens is 408 g/mol. The van der Waals surface area contributed by atoms with Crippen LogP contribution >= 0.6 is 0 Å². The average molecular weight is 430 g/mol. The first-order valence-electron chi connectivity index (χ1n) is 9.65. The van der Waals surface area contributed by atoms with Crippen LogP contribution in [0.4, 0.5) is 0 Å². The van der Waals surface area contributed by atoms with Gasteiger partial charge < -0.3 is 9.47 Å². The Morgan fingerprint density at radius 2 is 1.03 bits per heavy atom. The summed E-state index contributed by atoms with van der Waals surface area (Å²) in [7, 11) is 3.01. The molecule has 162 valence electrons. The number of ether oxygens (including phenoxy) is 2. The number of carbonyl (C=O) groups excluding carboxylic acids is 2. The van der Waals surface area contributed by atoms with Crippen molar-refractivity contribution in [2.75, 3.05) is 14.2 Å². The maximum atomic E-state index is 12.2. The van der Waals surface area contributed by atoms with Gasteiger partial charge in [0, 0.05) is 0 Å². The minimum absolute atomic E-state index is 0.367. The lowest BCUT2D eigenvalue weighted by atomic mass is 10.2. The summed E-state index contributed by atoms with van der Waals surface area (Å²) in [5.74, 6) is 0.213. The zero-order valence-electron chi connectivity index (χ0n) is 17.6. The zero-order chi connectivity index (χ0) is 22.8. The number of rotatable bonds is 8. The number of amides is 2. The van der Waals surface area contributed by atoms with Gasteiger partial charge in [0.1, 0.15) is 11.5 Å². The molecule has 8 nitrogen and oxygen atoms in total. The van der Waals surface area contributed by atoms with Crippen LogP contribution in [0.5, 0.6) is 11.5 Å². The fourth-order valence-corrected chi connectivity index (χ4v) is 2.78. The molecule has 2 amide bonds. The van der Waals surface area contributed by atoms with Gasteiger partial charge >= 0.3 is 0 Å². The number of para-hydroxylation sites is 2. The molecule has 0 fully saturated rings. The van der Waals surface area contributed by atoms with Crippen molar-refractivity contribution < 1.29 is 19.1 Å². The van der Waals surface area contributed by atoms with E-state index >= 15 is 0 Å². The molecule has 0 spiro atoms. The standard InChI is InChI=1S/C24H22N4O4/c1-31-21-9-5-3-7-19(21)23(29)27-25-15-17-11-13-18(14-12-17)16-26-28-24(30)20-8-4-6-10-22(20)32-2/h3-16H,1-2H3,(H,27,29)(H,28,30). The van der Waals surface area contributed by atoms with Gasteiger partial charge in [-0.2, -0.15) is 10.2 Å². The van der Waals surface area contributed by atoms with Crippen molar-refractivity contribution in [3.63, 3.8) is 0 Å². The molecule has 3 aromatic rings. The summed E-state index contributed by atoms with van der Waals surface area (Å²) >= 11 is 0. The van der Waals surface area contributed by atoms with Gasteiger partial charge in [-0.3, -0.25) is 9.59 Å². The van der Waals surface area contributed by atoms with Crippen molar-refractivity contribution in [1.29, 1.82) is 0 Å². The maximum absolute atomic E-state index is 12.2. The molecule has 0 unspecified atom stereocenters. The maximum Gasteiger partial charge on any atom is 0.275 e. The number of carbonyl (C=O) groups is 2. The van der Waals surface area contributed by atoms with Gasteiger partial charge in [0.15, 0.2) is 0 Å². The summed E-state index contributed by atoms with van der Waals surface area (Å²) in [6.07, 6.45) is 3.05. The van der Waals surface area contributed by atoms with E-state index in [0.717, 1.165) is 11.1 Å². The molecule has 0 aromatic heterocycles. The van der Waals surface area contributed by atoms with E-state index in [0.29, 0.717) is 22.6 Å². The molecule has 0 heterocycles. The summed E-state index contributed by atoms with van der Waals surface area (Å²) in [5.41, 5.74) is 7.30. The third kappa shape index (κ3) is 5.79. The lowest BCUT2D eigenvalue weighted by Gasteiger charge is -2.06. The molecule has 3 rings (SSSR count). The number of hydrazone groups is 2. The number of nitrogens with zero attached hydrogens (tertiary/aromatic N) is 2. The molecule has 0 bridgehead atoms. The van der Waals surface area contributed by atoms with Crippen molar-refractivity contribution in [2.45, 2.75) is 0 Å². The Morgan fingerprint density at radius 3 is 1.41 bits per heavy atom. The van der Waals surface area contributed by atoms with Crippen molar-refractivity contribution in [3.05, 3.63) is 95.1 Å². The second kappa shape index (κ2) is 11.1. The highest BCUT2D eigenvalue weighted by Crippen LogP contribution is 2.17. The van der Waals surface area contributed by atoms with Gasteiger partial charge in [-0.15, -0.1) is 0 Å². The van der Waals surface area contributed by atoms with E-state index in [-0.39, 0.29) is 11.8 Å². The Morgan fingerprint density at radius 1 is 0.656 bits per heavy atom. The number of nitrogens with one attached hydrogen (secondary N) is 2. The van der Waals surface area contributed by atoms with Crippen LogP contribution in [-0.4, -0.2) is 38.5 Å². The van der Waals surface area contributed by atoms with E-state index in [9.17, 15) is 9.59 Å². The summed E-state index contributed by atoms with van der Waals surface area (Å²) in [6, 6.07) is 21.0. The lowest BCUT2D eigenvalue weighted by Crippen LogP contribution is -2.18. The molecule has 32 heavy (non-hydrogen) atoms. The van der Waals surface area contributed by atoms with Crippen LogP contribution in [0.1, 0.15) is 31.8 Å². The van der Waals surface area contributed by atoms with Gasteiger partial charge in [0.05, 0.1) is 37.8 Å². The fourth-order valence-electron chi connectivity index (χ4n) is 2.78. The molecule has 0 aliphatic rings. The third-order valence-electron chi connectivity index (χ3n) is 4.40. The monoisotopic (exact) mass is 430 g/mol. The minimum atomic E-state index is -0.367. The first-order valence-corrected chi connectivity index (χ1v) is 9.65. The zero-order valence-corrected chi connectivity index (χ0v) is 17.6. The van der Waals surface area contributed by atoms with Crippen LogP contribution in [0.25, 0.3) is 0 Å². The molecule has 0 radical (unpaired) electrons. The molecule has 3 aromatic carbocycles. The van der Waals surface area contributed by atoms with Gasteiger partial charge in [0.2, 0.25) is 0 Å². The molecule has 2 N–H and O–H groups in total.